The summed E-state index contributed by atoms with van der Waals surface area (Å²) in [6.45, 7) is 4.45. The number of amides is 1. The Morgan fingerprint density at radius 1 is 1.23 bits per heavy atom. The largest absolute Gasteiger partial charge is 0.508 e. The Morgan fingerprint density at radius 3 is 2.50 bits per heavy atom. The van der Waals surface area contributed by atoms with Crippen LogP contribution in [-0.2, 0) is 27.3 Å². The van der Waals surface area contributed by atoms with E-state index >= 15 is 4.39 Å². The lowest BCUT2D eigenvalue weighted by molar-refractivity contribution is -0.153. The summed E-state index contributed by atoms with van der Waals surface area (Å²) in [6, 6.07) is 0.607. The number of hydrogen-bond acceptors (Lipinski definition) is 9. The molecule has 10 nitrogen and oxygen atoms in total. The molecule has 5 rings (SSSR count). The van der Waals surface area contributed by atoms with E-state index in [1.165, 1.54) is 25.1 Å². The number of ketones is 2. The first-order chi connectivity index (χ1) is 18.7. The van der Waals surface area contributed by atoms with Gasteiger partial charge >= 0.3 is 0 Å². The van der Waals surface area contributed by atoms with Crippen molar-refractivity contribution in [1.29, 1.82) is 0 Å². The van der Waals surface area contributed by atoms with E-state index in [2.05, 4.69) is 18.7 Å². The molecule has 1 aromatic carbocycles. The highest BCUT2D eigenvalue weighted by molar-refractivity contribution is 6.24. The van der Waals surface area contributed by atoms with Crippen molar-refractivity contribution in [2.24, 2.45) is 17.6 Å². The summed E-state index contributed by atoms with van der Waals surface area (Å²) in [5.74, 6) is -8.10. The minimum Gasteiger partial charge on any atom is -0.508 e. The van der Waals surface area contributed by atoms with Gasteiger partial charge in [0.2, 0.25) is 5.78 Å². The van der Waals surface area contributed by atoms with E-state index in [4.69, 9.17) is 5.73 Å². The molecule has 0 spiro atoms. The third-order valence-electron chi connectivity index (χ3n) is 9.51. The second-order valence-electron chi connectivity index (χ2n) is 11.8. The lowest BCUT2D eigenvalue weighted by Crippen LogP contribution is -2.65. The second kappa shape index (κ2) is 9.67. The summed E-state index contributed by atoms with van der Waals surface area (Å²) in [5, 5.41) is 44.8. The number of aliphatic hydroxyl groups excluding tert-OH is 2. The van der Waals surface area contributed by atoms with Crippen LogP contribution >= 0.6 is 0 Å². The van der Waals surface area contributed by atoms with Gasteiger partial charge in [0, 0.05) is 41.2 Å². The number of primary amides is 1. The molecule has 1 saturated heterocycles. The van der Waals surface area contributed by atoms with Crippen LogP contribution in [0.5, 0.6) is 5.75 Å². The van der Waals surface area contributed by atoms with Gasteiger partial charge in [-0.25, -0.2) is 4.39 Å². The number of aromatic hydroxyl groups is 1. The third kappa shape index (κ3) is 3.82. The number of nitrogens with zero attached hydrogens (tertiary/aromatic N) is 2. The van der Waals surface area contributed by atoms with Crippen molar-refractivity contribution in [3.63, 3.8) is 0 Å². The number of nitrogens with two attached hydrogens (primary N) is 1. The number of aliphatic hydroxyl groups is 3. The highest BCUT2D eigenvalue weighted by Gasteiger charge is 2.64. The molecular formula is C29H36FN3O7. The van der Waals surface area contributed by atoms with Gasteiger partial charge in [0.15, 0.2) is 11.4 Å². The zero-order valence-electron chi connectivity index (χ0n) is 23.1. The molecule has 2 fully saturated rings. The van der Waals surface area contributed by atoms with Crippen molar-refractivity contribution in [2.75, 3.05) is 14.1 Å². The summed E-state index contributed by atoms with van der Waals surface area (Å²) < 4.78 is 16.1. The molecule has 1 heterocycles. The molecule has 2 unspecified atom stereocenters. The van der Waals surface area contributed by atoms with Crippen molar-refractivity contribution >= 4 is 23.2 Å². The number of likely N-dealkylation sites (N-methyl/N-ethyl adjacent to an activating group) is 1. The predicted molar refractivity (Wildman–Crippen MR) is 143 cm³/mol. The first kappa shape index (κ1) is 28.3. The molecule has 6 N–H and O–H groups in total. The van der Waals surface area contributed by atoms with E-state index < -0.39 is 69.6 Å². The number of benzene rings is 1. The van der Waals surface area contributed by atoms with Crippen LogP contribution in [-0.4, -0.2) is 85.5 Å². The maximum atomic E-state index is 16.1. The number of fused-ring (bicyclic) bond motifs is 3. The van der Waals surface area contributed by atoms with Crippen LogP contribution in [0.3, 0.4) is 0 Å². The monoisotopic (exact) mass is 557 g/mol. The molecule has 1 aromatic rings. The van der Waals surface area contributed by atoms with E-state index in [-0.39, 0.29) is 47.7 Å². The van der Waals surface area contributed by atoms with Gasteiger partial charge < -0.3 is 26.2 Å². The average molecular weight is 558 g/mol. The van der Waals surface area contributed by atoms with Crippen LogP contribution in [0.25, 0.3) is 5.76 Å². The topological polar surface area (TPSA) is 165 Å². The van der Waals surface area contributed by atoms with Crippen LogP contribution in [0, 0.1) is 17.7 Å². The summed E-state index contributed by atoms with van der Waals surface area (Å²) in [4.78, 5) is 42.8. The fourth-order valence-electron chi connectivity index (χ4n) is 7.51. The molecule has 1 aliphatic heterocycles. The van der Waals surface area contributed by atoms with E-state index in [1.807, 2.05) is 0 Å². The minimum atomic E-state index is -2.72. The third-order valence-corrected chi connectivity index (χ3v) is 9.51. The SMILES string of the molecule is CCC1CCC(C)N1Cc1cc(O)c2c(c1F)C[C@H]1C[C@H]3[C@H](N(C)C)C(=O)C(C(N)=O)=C(O)[C@@]3(O)C(=O)C1=C2O. The van der Waals surface area contributed by atoms with Crippen LogP contribution in [0.2, 0.25) is 0 Å². The maximum absolute atomic E-state index is 16.1. The smallest absolute Gasteiger partial charge is 0.255 e. The number of halogens is 1. The fraction of sp³-hybridized carbons (Fsp3) is 0.552. The molecule has 0 bridgehead atoms. The molecule has 1 amide bonds. The number of phenols is 1. The maximum Gasteiger partial charge on any atom is 0.255 e. The Labute approximate surface area is 231 Å². The van der Waals surface area contributed by atoms with Crippen molar-refractivity contribution < 1.29 is 39.2 Å². The van der Waals surface area contributed by atoms with Gasteiger partial charge in [0.1, 0.15) is 28.7 Å². The van der Waals surface area contributed by atoms with Crippen LogP contribution in [0.15, 0.2) is 23.0 Å². The number of likely N-dealkylation sites (tertiary alicyclic amines) is 1. The van der Waals surface area contributed by atoms with Crippen LogP contribution in [0.1, 0.15) is 56.2 Å². The van der Waals surface area contributed by atoms with Gasteiger partial charge in [-0.3, -0.25) is 24.2 Å². The number of Topliss-reactive ketones (excluding diaryl/α,β-unsaturated/α-hetero) is 2. The van der Waals surface area contributed by atoms with Crippen LogP contribution in [0.4, 0.5) is 4.39 Å². The Bertz CT molecular complexity index is 1390. The molecule has 0 aromatic heterocycles. The van der Waals surface area contributed by atoms with E-state index in [9.17, 15) is 34.8 Å². The van der Waals surface area contributed by atoms with Crippen LogP contribution < -0.4 is 5.73 Å². The Morgan fingerprint density at radius 2 is 1.90 bits per heavy atom. The lowest BCUT2D eigenvalue weighted by atomic mass is 9.57. The van der Waals surface area contributed by atoms with Gasteiger partial charge in [-0.2, -0.15) is 0 Å². The molecule has 216 valence electrons. The molecule has 4 aliphatic rings. The lowest BCUT2D eigenvalue weighted by Gasteiger charge is -2.50. The average Bonchev–Trinajstić information content (AvgIpc) is 3.22. The molecule has 40 heavy (non-hydrogen) atoms. The fourth-order valence-corrected chi connectivity index (χ4v) is 7.51. The normalized spacial score (nSPS) is 32.4. The van der Waals surface area contributed by atoms with Gasteiger partial charge in [0.05, 0.1) is 11.6 Å². The van der Waals surface area contributed by atoms with Gasteiger partial charge in [-0.1, -0.05) is 6.92 Å². The predicted octanol–water partition coefficient (Wildman–Crippen LogP) is 1.87. The zero-order chi connectivity index (χ0) is 29.4. The molecular weight excluding hydrogens is 521 g/mol. The highest BCUT2D eigenvalue weighted by atomic mass is 19.1. The van der Waals surface area contributed by atoms with E-state index in [0.29, 0.717) is 6.04 Å². The molecule has 3 aliphatic carbocycles. The summed E-state index contributed by atoms with van der Waals surface area (Å²) in [5.41, 5.74) is 1.54. The summed E-state index contributed by atoms with van der Waals surface area (Å²) in [7, 11) is 3.06. The molecule has 0 radical (unpaired) electrons. The number of rotatable bonds is 5. The van der Waals surface area contributed by atoms with Gasteiger partial charge in [-0.05, 0) is 65.1 Å². The Kier molecular flexibility index (Phi) is 6.83. The highest BCUT2D eigenvalue weighted by Crippen LogP contribution is 2.53. The second-order valence-corrected chi connectivity index (χ2v) is 11.8. The Hall–Kier alpha value is -3.28. The van der Waals surface area contributed by atoms with Crippen molar-refractivity contribution in [3.05, 3.63) is 45.5 Å². The number of carbonyl (C=O) groups is 3. The summed E-state index contributed by atoms with van der Waals surface area (Å²) in [6.07, 6.45) is 2.74. The summed E-state index contributed by atoms with van der Waals surface area (Å²) >= 11 is 0. The van der Waals surface area contributed by atoms with E-state index in [0.717, 1.165) is 19.3 Å². The molecule has 11 heteroatoms. The zero-order valence-corrected chi connectivity index (χ0v) is 23.1. The Balaban J connectivity index is 1.63. The quantitative estimate of drug-likeness (QED) is 0.340. The minimum absolute atomic E-state index is 0.0560. The number of phenolic OH excluding ortho intramolecular Hbond substituents is 1. The standard InChI is InChI=1S/C29H36FN3O7/c1-5-15-7-6-12(2)33(15)11-14-10-18(34)20-16(22(14)30)8-13-9-17-23(32(3)4)25(36)21(28(31)39)27(38)29(17,40)26(37)19(13)24(20)35/h10,12-13,15,17,23,34-35,38,40H,5-9,11H2,1-4H3,(H2,31,39)/t12?,13-,15?,17-,23-,29-/m0/s1. The number of hydrogen-bond donors (Lipinski definition) is 5. The number of carbonyl (C=O) groups excluding carboxylic acids is 3. The van der Waals surface area contributed by atoms with Crippen molar-refractivity contribution in [3.8, 4) is 5.75 Å². The van der Waals surface area contributed by atoms with Gasteiger partial charge in [-0.15, -0.1) is 0 Å². The molecule has 6 atom stereocenters. The van der Waals surface area contributed by atoms with Crippen molar-refractivity contribution in [2.45, 2.75) is 76.2 Å². The van der Waals surface area contributed by atoms with Gasteiger partial charge in [0.25, 0.3) is 5.91 Å². The first-order valence-electron chi connectivity index (χ1n) is 13.7. The first-order valence-corrected chi connectivity index (χ1v) is 13.7. The van der Waals surface area contributed by atoms with E-state index in [1.54, 1.807) is 0 Å². The van der Waals surface area contributed by atoms with Crippen molar-refractivity contribution in [1.82, 2.24) is 9.80 Å². The molecule has 1 saturated carbocycles.